The molecule has 23 heavy (non-hydrogen) atoms. The molecule has 1 heterocycles. The number of likely N-dealkylation sites (tertiary alicyclic amines) is 1. The third kappa shape index (κ3) is 2.06. The van der Waals surface area contributed by atoms with Crippen molar-refractivity contribution in [3.05, 3.63) is 35.9 Å². The predicted octanol–water partition coefficient (Wildman–Crippen LogP) is 2.12. The molecule has 2 aliphatic carbocycles. The largest absolute Gasteiger partial charge is 0.352 e. The summed E-state index contributed by atoms with van der Waals surface area (Å²) in [6.45, 7) is 0.802. The van der Waals surface area contributed by atoms with E-state index in [-0.39, 0.29) is 11.4 Å². The van der Waals surface area contributed by atoms with Crippen LogP contribution in [0, 0.1) is 5.92 Å². The molecule has 5 nitrogen and oxygen atoms in total. The number of primary amides is 1. The Morgan fingerprint density at radius 1 is 1.13 bits per heavy atom. The van der Waals surface area contributed by atoms with Crippen LogP contribution >= 0.6 is 0 Å². The average Bonchev–Trinajstić information content (AvgIpc) is 3.29. The molecule has 2 atom stereocenters. The van der Waals surface area contributed by atoms with Crippen LogP contribution in [0.5, 0.6) is 0 Å². The van der Waals surface area contributed by atoms with Gasteiger partial charge in [0.15, 0.2) is 0 Å². The fourth-order valence-corrected chi connectivity index (χ4v) is 4.63. The van der Waals surface area contributed by atoms with Gasteiger partial charge in [-0.1, -0.05) is 43.2 Å². The zero-order valence-corrected chi connectivity index (χ0v) is 13.3. The molecule has 1 aliphatic heterocycles. The second kappa shape index (κ2) is 4.98. The molecule has 3 amide bonds. The zero-order chi connectivity index (χ0) is 16.1. The molecule has 3 fully saturated rings. The van der Waals surface area contributed by atoms with Gasteiger partial charge in [0.1, 0.15) is 5.54 Å². The van der Waals surface area contributed by atoms with Crippen molar-refractivity contribution in [1.29, 1.82) is 0 Å². The second-order valence-electron chi connectivity index (χ2n) is 7.22. The number of nitrogens with two attached hydrogens (primary N) is 1. The van der Waals surface area contributed by atoms with Crippen molar-refractivity contribution >= 4 is 11.9 Å². The van der Waals surface area contributed by atoms with Crippen molar-refractivity contribution in [2.45, 2.75) is 49.6 Å². The Hall–Kier alpha value is -2.04. The minimum atomic E-state index is -0.740. The first-order valence-electron chi connectivity index (χ1n) is 8.54. The van der Waals surface area contributed by atoms with Crippen LogP contribution in [0.1, 0.15) is 44.1 Å². The molecular weight excluding hydrogens is 290 g/mol. The normalized spacial score (nSPS) is 30.8. The molecule has 4 rings (SSSR count). The minimum absolute atomic E-state index is 0.0540. The highest BCUT2D eigenvalue weighted by atomic mass is 16.2. The monoisotopic (exact) mass is 313 g/mol. The third-order valence-electron chi connectivity index (χ3n) is 5.96. The standard InChI is InChI=1S/C18H23N3O2/c19-16(23)20-17(10-11-17)15(22)21-12-14-8-4-5-9-18(14,21)13-6-2-1-3-7-13/h1-3,6-7,14H,4-5,8-12H2,(H3,19,20,23)/t14-,18+/m1/s1. The topological polar surface area (TPSA) is 75.4 Å². The molecule has 0 radical (unpaired) electrons. The van der Waals surface area contributed by atoms with Gasteiger partial charge in [-0.2, -0.15) is 0 Å². The van der Waals surface area contributed by atoms with E-state index in [1.54, 1.807) is 0 Å². The van der Waals surface area contributed by atoms with E-state index in [2.05, 4.69) is 17.4 Å². The van der Waals surface area contributed by atoms with Crippen LogP contribution in [-0.2, 0) is 10.3 Å². The van der Waals surface area contributed by atoms with Crippen LogP contribution in [0.3, 0.4) is 0 Å². The van der Waals surface area contributed by atoms with Crippen LogP contribution in [0.15, 0.2) is 30.3 Å². The van der Waals surface area contributed by atoms with Crippen LogP contribution in [-0.4, -0.2) is 28.9 Å². The lowest BCUT2D eigenvalue weighted by Crippen LogP contribution is -2.71. The van der Waals surface area contributed by atoms with Crippen molar-refractivity contribution in [3.8, 4) is 0 Å². The SMILES string of the molecule is NC(=O)NC1(C(=O)N2C[C@H]3CCCC[C@]32c2ccccc2)CC1. The number of rotatable bonds is 3. The number of benzene rings is 1. The predicted molar refractivity (Wildman–Crippen MR) is 86.5 cm³/mol. The maximum atomic E-state index is 13.1. The Bertz CT molecular complexity index is 641. The fourth-order valence-electron chi connectivity index (χ4n) is 4.63. The summed E-state index contributed by atoms with van der Waals surface area (Å²) >= 11 is 0. The van der Waals surface area contributed by atoms with E-state index in [1.165, 1.54) is 18.4 Å². The number of urea groups is 1. The summed E-state index contributed by atoms with van der Waals surface area (Å²) < 4.78 is 0. The lowest BCUT2D eigenvalue weighted by atomic mass is 9.61. The summed E-state index contributed by atoms with van der Waals surface area (Å²) in [6, 6.07) is 9.78. The van der Waals surface area contributed by atoms with E-state index in [0.29, 0.717) is 18.8 Å². The molecular formula is C18H23N3O2. The summed E-state index contributed by atoms with van der Waals surface area (Å²) in [7, 11) is 0. The molecule has 1 aromatic carbocycles. The molecule has 0 spiro atoms. The highest BCUT2D eigenvalue weighted by Crippen LogP contribution is 2.55. The first-order valence-corrected chi connectivity index (χ1v) is 8.54. The molecule has 0 bridgehead atoms. The molecule has 3 N–H and O–H groups in total. The fraction of sp³-hybridized carbons (Fsp3) is 0.556. The third-order valence-corrected chi connectivity index (χ3v) is 5.96. The Morgan fingerprint density at radius 3 is 2.48 bits per heavy atom. The molecule has 1 aromatic rings. The van der Waals surface area contributed by atoms with Gasteiger partial charge in [0.05, 0.1) is 5.54 Å². The molecule has 3 aliphatic rings. The molecule has 2 saturated carbocycles. The lowest BCUT2D eigenvalue weighted by molar-refractivity contribution is -0.170. The second-order valence-corrected chi connectivity index (χ2v) is 7.22. The summed E-state index contributed by atoms with van der Waals surface area (Å²) in [5, 5.41) is 2.69. The zero-order valence-electron chi connectivity index (χ0n) is 13.3. The van der Waals surface area contributed by atoms with Gasteiger partial charge in [-0.15, -0.1) is 0 Å². The maximum absolute atomic E-state index is 13.1. The van der Waals surface area contributed by atoms with E-state index in [1.807, 2.05) is 23.1 Å². The van der Waals surface area contributed by atoms with Crippen LogP contribution in [0.4, 0.5) is 4.79 Å². The molecule has 122 valence electrons. The van der Waals surface area contributed by atoms with Gasteiger partial charge in [0.25, 0.3) is 0 Å². The molecule has 0 unspecified atom stereocenters. The number of hydrogen-bond acceptors (Lipinski definition) is 2. The first kappa shape index (κ1) is 14.5. The summed E-state index contributed by atoms with van der Waals surface area (Å²) in [4.78, 5) is 26.4. The number of fused-ring (bicyclic) bond motifs is 1. The Morgan fingerprint density at radius 2 is 1.87 bits per heavy atom. The Balaban J connectivity index is 1.67. The van der Waals surface area contributed by atoms with Gasteiger partial charge in [0.2, 0.25) is 5.91 Å². The van der Waals surface area contributed by atoms with Crippen molar-refractivity contribution < 1.29 is 9.59 Å². The highest BCUT2D eigenvalue weighted by molar-refractivity contribution is 5.94. The van der Waals surface area contributed by atoms with E-state index in [9.17, 15) is 9.59 Å². The van der Waals surface area contributed by atoms with Crippen LogP contribution in [0.2, 0.25) is 0 Å². The van der Waals surface area contributed by atoms with Gasteiger partial charge in [-0.25, -0.2) is 4.79 Å². The highest BCUT2D eigenvalue weighted by Gasteiger charge is 2.63. The average molecular weight is 313 g/mol. The van der Waals surface area contributed by atoms with Gasteiger partial charge >= 0.3 is 6.03 Å². The van der Waals surface area contributed by atoms with Gasteiger partial charge < -0.3 is 16.0 Å². The Labute approximate surface area is 136 Å². The summed E-state index contributed by atoms with van der Waals surface area (Å²) in [6.07, 6.45) is 5.97. The van der Waals surface area contributed by atoms with E-state index >= 15 is 0 Å². The maximum Gasteiger partial charge on any atom is 0.313 e. The number of nitrogens with zero attached hydrogens (tertiary/aromatic N) is 1. The van der Waals surface area contributed by atoms with Crippen molar-refractivity contribution in [2.75, 3.05) is 6.54 Å². The Kier molecular flexibility index (Phi) is 3.15. The quantitative estimate of drug-likeness (QED) is 0.897. The lowest BCUT2D eigenvalue weighted by Gasteiger charge is -2.62. The van der Waals surface area contributed by atoms with Crippen molar-refractivity contribution in [1.82, 2.24) is 10.2 Å². The van der Waals surface area contributed by atoms with Crippen molar-refractivity contribution in [2.24, 2.45) is 11.7 Å². The number of carbonyl (C=O) groups is 2. The molecule has 1 saturated heterocycles. The molecule has 5 heteroatoms. The minimum Gasteiger partial charge on any atom is -0.352 e. The smallest absolute Gasteiger partial charge is 0.313 e. The van der Waals surface area contributed by atoms with Gasteiger partial charge in [-0.05, 0) is 31.2 Å². The van der Waals surface area contributed by atoms with Crippen molar-refractivity contribution in [3.63, 3.8) is 0 Å². The first-order chi connectivity index (χ1) is 11.1. The summed E-state index contributed by atoms with van der Waals surface area (Å²) in [5.74, 6) is 0.588. The number of amides is 3. The molecule has 0 aromatic heterocycles. The number of hydrogen-bond donors (Lipinski definition) is 2. The van der Waals surface area contributed by atoms with E-state index in [4.69, 9.17) is 5.73 Å². The van der Waals surface area contributed by atoms with Gasteiger partial charge in [-0.3, -0.25) is 4.79 Å². The van der Waals surface area contributed by atoms with E-state index < -0.39 is 11.6 Å². The van der Waals surface area contributed by atoms with Gasteiger partial charge in [0, 0.05) is 12.5 Å². The van der Waals surface area contributed by atoms with Crippen LogP contribution < -0.4 is 11.1 Å². The van der Waals surface area contributed by atoms with Crippen LogP contribution in [0.25, 0.3) is 0 Å². The number of carbonyl (C=O) groups excluding carboxylic acids is 2. The van der Waals surface area contributed by atoms with E-state index in [0.717, 1.165) is 19.4 Å². The number of nitrogens with one attached hydrogen (secondary N) is 1. The summed E-state index contributed by atoms with van der Waals surface area (Å²) in [5.41, 5.74) is 5.59.